The van der Waals surface area contributed by atoms with Gasteiger partial charge in [-0.2, -0.15) is 0 Å². The average molecular weight is 339 g/mol. The summed E-state index contributed by atoms with van der Waals surface area (Å²) in [5.74, 6) is 0.130. The quantitative estimate of drug-likeness (QED) is 0.439. The third-order valence-electron chi connectivity index (χ3n) is 3.89. The van der Waals surface area contributed by atoms with Crippen LogP contribution in [0, 0.1) is 6.92 Å². The summed E-state index contributed by atoms with van der Waals surface area (Å²) >= 11 is 0. The Hall–Kier alpha value is -2.82. The molecule has 0 unspecified atom stereocenters. The highest BCUT2D eigenvalue weighted by molar-refractivity contribution is 5.93. The molecule has 2 aromatic rings. The molecule has 3 N–H and O–H groups in total. The Morgan fingerprint density at radius 1 is 1.16 bits per heavy atom. The predicted molar refractivity (Wildman–Crippen MR) is 102 cm³/mol. The lowest BCUT2D eigenvalue weighted by atomic mass is 10.1. The van der Waals surface area contributed by atoms with Gasteiger partial charge in [0.15, 0.2) is 6.61 Å². The van der Waals surface area contributed by atoms with Crippen LogP contribution in [0.5, 0.6) is 0 Å². The van der Waals surface area contributed by atoms with E-state index in [1.54, 1.807) is 0 Å². The number of rotatable bonds is 8. The smallest absolute Gasteiger partial charge is 0.265 e. The van der Waals surface area contributed by atoms with Crippen molar-refractivity contribution in [3.8, 4) is 0 Å². The minimum absolute atomic E-state index is 0.163. The number of anilines is 1. The number of hydrogen-bond acceptors (Lipinski definition) is 3. The number of hydrogen-bond donors (Lipinski definition) is 2. The maximum atomic E-state index is 12.0. The predicted octanol–water partition coefficient (Wildman–Crippen LogP) is 3.42. The summed E-state index contributed by atoms with van der Waals surface area (Å²) in [6.45, 7) is 3.86. The standard InChI is InChI=1S/C20H25N3O2/c1-3-17-11-7-8-15(2)20(17)22-19(24)14-25-23-18(21)13-12-16-9-5-4-6-10-16/h4-11H,3,12-14H2,1-2H3,(H2,21,23)(H,22,24). The number of benzene rings is 2. The number of nitrogens with two attached hydrogens (primary N) is 1. The van der Waals surface area contributed by atoms with E-state index in [0.717, 1.165) is 29.7 Å². The van der Waals surface area contributed by atoms with E-state index >= 15 is 0 Å². The van der Waals surface area contributed by atoms with Gasteiger partial charge in [-0.1, -0.05) is 60.6 Å². The molecule has 132 valence electrons. The number of carbonyl (C=O) groups excluding carboxylic acids is 1. The second kappa shape index (κ2) is 9.47. The molecular formula is C20H25N3O2. The summed E-state index contributed by atoms with van der Waals surface area (Å²) in [5.41, 5.74) is 9.98. The van der Waals surface area contributed by atoms with E-state index in [-0.39, 0.29) is 12.5 Å². The number of oxime groups is 1. The van der Waals surface area contributed by atoms with Gasteiger partial charge in [0.05, 0.1) is 0 Å². The first-order valence-electron chi connectivity index (χ1n) is 8.46. The monoisotopic (exact) mass is 339 g/mol. The number of nitrogens with zero attached hydrogens (tertiary/aromatic N) is 1. The Bertz CT molecular complexity index is 727. The van der Waals surface area contributed by atoms with E-state index in [1.807, 2.05) is 55.5 Å². The van der Waals surface area contributed by atoms with Crippen LogP contribution in [0.15, 0.2) is 53.7 Å². The molecule has 0 saturated carbocycles. The van der Waals surface area contributed by atoms with Crippen LogP contribution in [-0.4, -0.2) is 18.3 Å². The summed E-state index contributed by atoms with van der Waals surface area (Å²) in [5, 5.41) is 6.71. The van der Waals surface area contributed by atoms with Gasteiger partial charge in [0.25, 0.3) is 5.91 Å². The van der Waals surface area contributed by atoms with Gasteiger partial charge in [-0.05, 0) is 36.5 Å². The molecule has 0 aliphatic heterocycles. The number of amides is 1. The van der Waals surface area contributed by atoms with Crippen LogP contribution in [0.3, 0.4) is 0 Å². The van der Waals surface area contributed by atoms with Crippen molar-refractivity contribution in [2.45, 2.75) is 33.1 Å². The highest BCUT2D eigenvalue weighted by atomic mass is 16.6. The third-order valence-corrected chi connectivity index (χ3v) is 3.89. The number of amidine groups is 1. The zero-order valence-corrected chi connectivity index (χ0v) is 14.8. The van der Waals surface area contributed by atoms with E-state index < -0.39 is 0 Å². The third kappa shape index (κ3) is 5.95. The van der Waals surface area contributed by atoms with Crippen LogP contribution in [0.1, 0.15) is 30.0 Å². The molecule has 0 atom stereocenters. The first-order chi connectivity index (χ1) is 12.1. The first-order valence-corrected chi connectivity index (χ1v) is 8.46. The molecule has 0 radical (unpaired) electrons. The molecule has 0 saturated heterocycles. The molecule has 1 amide bonds. The highest BCUT2D eigenvalue weighted by Gasteiger charge is 2.09. The van der Waals surface area contributed by atoms with E-state index in [4.69, 9.17) is 10.6 Å². The molecule has 0 aromatic heterocycles. The molecule has 5 heteroatoms. The molecule has 0 aliphatic carbocycles. The lowest BCUT2D eigenvalue weighted by Crippen LogP contribution is -2.20. The summed E-state index contributed by atoms with van der Waals surface area (Å²) in [7, 11) is 0. The maximum absolute atomic E-state index is 12.0. The fourth-order valence-electron chi connectivity index (χ4n) is 2.51. The molecule has 0 spiro atoms. The van der Waals surface area contributed by atoms with E-state index in [1.165, 1.54) is 5.56 Å². The fraction of sp³-hybridized carbons (Fsp3) is 0.300. The van der Waals surface area contributed by atoms with Gasteiger partial charge in [0.1, 0.15) is 5.84 Å². The van der Waals surface area contributed by atoms with Gasteiger partial charge in [-0.15, -0.1) is 0 Å². The Morgan fingerprint density at radius 3 is 2.64 bits per heavy atom. The second-order valence-electron chi connectivity index (χ2n) is 5.85. The van der Waals surface area contributed by atoms with Gasteiger partial charge in [0, 0.05) is 12.1 Å². The Kier molecular flexibility index (Phi) is 7.01. The topological polar surface area (TPSA) is 76.7 Å². The Morgan fingerprint density at radius 2 is 1.92 bits per heavy atom. The molecule has 0 aliphatic rings. The van der Waals surface area contributed by atoms with Crippen LogP contribution in [0.25, 0.3) is 0 Å². The molecule has 2 aromatic carbocycles. The van der Waals surface area contributed by atoms with Gasteiger partial charge >= 0.3 is 0 Å². The number of para-hydroxylation sites is 1. The first kappa shape index (κ1) is 18.5. The fourth-order valence-corrected chi connectivity index (χ4v) is 2.51. The van der Waals surface area contributed by atoms with Crippen molar-refractivity contribution in [3.05, 3.63) is 65.2 Å². The minimum Gasteiger partial charge on any atom is -0.384 e. The molecule has 2 rings (SSSR count). The van der Waals surface area contributed by atoms with Crippen LogP contribution < -0.4 is 11.1 Å². The van der Waals surface area contributed by atoms with Crippen molar-refractivity contribution in [1.82, 2.24) is 0 Å². The zero-order chi connectivity index (χ0) is 18.1. The van der Waals surface area contributed by atoms with Gasteiger partial charge in [-0.3, -0.25) is 4.79 Å². The molecule has 0 fully saturated rings. The van der Waals surface area contributed by atoms with Crippen molar-refractivity contribution in [3.63, 3.8) is 0 Å². The minimum atomic E-state index is -0.247. The Balaban J connectivity index is 1.80. The zero-order valence-electron chi connectivity index (χ0n) is 14.8. The lowest BCUT2D eigenvalue weighted by molar-refractivity contribution is -0.120. The summed E-state index contributed by atoms with van der Waals surface area (Å²) < 4.78 is 0. The average Bonchev–Trinajstić information content (AvgIpc) is 2.62. The molecular weight excluding hydrogens is 314 g/mol. The lowest BCUT2D eigenvalue weighted by Gasteiger charge is -2.12. The van der Waals surface area contributed by atoms with Gasteiger partial charge in [-0.25, -0.2) is 0 Å². The summed E-state index contributed by atoms with van der Waals surface area (Å²) in [4.78, 5) is 17.1. The van der Waals surface area contributed by atoms with Gasteiger partial charge in [0.2, 0.25) is 0 Å². The van der Waals surface area contributed by atoms with E-state index in [0.29, 0.717) is 12.3 Å². The summed E-state index contributed by atoms with van der Waals surface area (Å²) in [6.07, 6.45) is 2.22. The van der Waals surface area contributed by atoms with E-state index in [9.17, 15) is 4.79 Å². The summed E-state index contributed by atoms with van der Waals surface area (Å²) in [6, 6.07) is 16.0. The maximum Gasteiger partial charge on any atom is 0.265 e. The number of nitrogens with one attached hydrogen (secondary N) is 1. The van der Waals surface area contributed by atoms with Crippen LogP contribution in [0.2, 0.25) is 0 Å². The normalized spacial score (nSPS) is 11.2. The van der Waals surface area contributed by atoms with Crippen molar-refractivity contribution in [2.24, 2.45) is 10.9 Å². The van der Waals surface area contributed by atoms with Crippen LogP contribution in [-0.2, 0) is 22.5 Å². The van der Waals surface area contributed by atoms with Crippen molar-refractivity contribution in [1.29, 1.82) is 0 Å². The molecule has 0 heterocycles. The Labute approximate surface area is 148 Å². The van der Waals surface area contributed by atoms with Crippen LogP contribution in [0.4, 0.5) is 5.69 Å². The van der Waals surface area contributed by atoms with Crippen LogP contribution >= 0.6 is 0 Å². The van der Waals surface area contributed by atoms with Crippen molar-refractivity contribution < 1.29 is 9.63 Å². The molecule has 25 heavy (non-hydrogen) atoms. The SMILES string of the molecule is CCc1cccc(C)c1NC(=O)CO/N=C(\N)CCc1ccccc1. The number of aryl methyl sites for hydroxylation is 3. The van der Waals surface area contributed by atoms with Crippen molar-refractivity contribution in [2.75, 3.05) is 11.9 Å². The molecule has 0 bridgehead atoms. The second-order valence-corrected chi connectivity index (χ2v) is 5.85. The van der Waals surface area contributed by atoms with Gasteiger partial charge < -0.3 is 15.9 Å². The largest absolute Gasteiger partial charge is 0.384 e. The highest BCUT2D eigenvalue weighted by Crippen LogP contribution is 2.20. The molecule has 5 nitrogen and oxygen atoms in total. The number of carbonyl (C=O) groups is 1. The van der Waals surface area contributed by atoms with Crippen molar-refractivity contribution >= 4 is 17.4 Å². The van der Waals surface area contributed by atoms with E-state index in [2.05, 4.69) is 17.4 Å².